The lowest BCUT2D eigenvalue weighted by atomic mass is 9.98. The average Bonchev–Trinajstić information content (AvgIpc) is 2.82. The molecule has 1 aromatic carbocycles. The van der Waals surface area contributed by atoms with Gasteiger partial charge in [0.15, 0.2) is 0 Å². The third-order valence-electron chi connectivity index (χ3n) is 3.68. The molecule has 1 atom stereocenters. The molecule has 0 aromatic heterocycles. The molecule has 2 rings (SSSR count). The number of β-amino-alcohol motifs (C(OH)–C–C–N with tert-alkyl or cyclic N) is 1. The van der Waals surface area contributed by atoms with Crippen molar-refractivity contribution in [1.29, 1.82) is 0 Å². The minimum atomic E-state index is -0.666. The molecule has 0 aliphatic carbocycles. The van der Waals surface area contributed by atoms with E-state index in [-0.39, 0.29) is 12.0 Å². The highest BCUT2D eigenvalue weighted by molar-refractivity contribution is 5.94. The van der Waals surface area contributed by atoms with Gasteiger partial charge in [-0.2, -0.15) is 0 Å². The van der Waals surface area contributed by atoms with Crippen molar-refractivity contribution in [2.45, 2.75) is 44.8 Å². The van der Waals surface area contributed by atoms with E-state index < -0.39 is 5.60 Å². The van der Waals surface area contributed by atoms with E-state index in [0.29, 0.717) is 31.5 Å². The molecule has 1 fully saturated rings. The van der Waals surface area contributed by atoms with Crippen molar-refractivity contribution in [2.24, 2.45) is 0 Å². The number of aliphatic hydroxyl groups is 2. The van der Waals surface area contributed by atoms with Crippen LogP contribution < -0.4 is 0 Å². The largest absolute Gasteiger partial charge is 0.391 e. The lowest BCUT2D eigenvalue weighted by Crippen LogP contribution is -2.29. The quantitative estimate of drug-likeness (QED) is 0.878. The summed E-state index contributed by atoms with van der Waals surface area (Å²) >= 11 is 0. The number of likely N-dealkylation sites (tertiary alicyclic amines) is 1. The second-order valence-electron chi connectivity index (χ2n) is 6.20. The third-order valence-corrected chi connectivity index (χ3v) is 3.68. The highest BCUT2D eigenvalue weighted by Crippen LogP contribution is 2.16. The second-order valence-corrected chi connectivity index (χ2v) is 6.20. The molecule has 1 heterocycles. The number of carbonyl (C=O) groups excluding carboxylic acids is 1. The zero-order valence-corrected chi connectivity index (χ0v) is 12.2. The number of aryl methyl sites for hydroxylation is 1. The predicted octanol–water partition coefficient (Wildman–Crippen LogP) is 1.60. The van der Waals surface area contributed by atoms with Crippen molar-refractivity contribution in [2.75, 3.05) is 13.1 Å². The number of hydrogen-bond donors (Lipinski definition) is 2. The van der Waals surface area contributed by atoms with Gasteiger partial charge in [-0.3, -0.25) is 4.79 Å². The molecule has 1 aliphatic rings. The van der Waals surface area contributed by atoms with Gasteiger partial charge in [0.05, 0.1) is 11.7 Å². The van der Waals surface area contributed by atoms with E-state index in [1.165, 1.54) is 0 Å². The number of benzene rings is 1. The van der Waals surface area contributed by atoms with Crippen LogP contribution in [0, 0.1) is 0 Å². The maximum absolute atomic E-state index is 12.2. The molecule has 0 saturated carbocycles. The van der Waals surface area contributed by atoms with Gasteiger partial charge in [-0.05, 0) is 50.8 Å². The lowest BCUT2D eigenvalue weighted by Gasteiger charge is -2.17. The zero-order valence-electron chi connectivity index (χ0n) is 12.2. The topological polar surface area (TPSA) is 60.8 Å². The molecule has 1 amide bonds. The summed E-state index contributed by atoms with van der Waals surface area (Å²) in [4.78, 5) is 13.9. The van der Waals surface area contributed by atoms with Gasteiger partial charge in [0.2, 0.25) is 0 Å². The van der Waals surface area contributed by atoms with Crippen LogP contribution in [0.5, 0.6) is 0 Å². The van der Waals surface area contributed by atoms with Crippen LogP contribution in [-0.4, -0.2) is 45.8 Å². The van der Waals surface area contributed by atoms with Crippen LogP contribution in [0.15, 0.2) is 24.3 Å². The number of hydrogen-bond acceptors (Lipinski definition) is 3. The maximum Gasteiger partial charge on any atom is 0.253 e. The van der Waals surface area contributed by atoms with Crippen molar-refractivity contribution in [1.82, 2.24) is 4.90 Å². The third kappa shape index (κ3) is 4.05. The highest BCUT2D eigenvalue weighted by Gasteiger charge is 2.25. The molecule has 20 heavy (non-hydrogen) atoms. The number of carbonyl (C=O) groups is 1. The van der Waals surface area contributed by atoms with E-state index in [2.05, 4.69) is 0 Å². The fourth-order valence-electron chi connectivity index (χ4n) is 2.37. The van der Waals surface area contributed by atoms with Gasteiger partial charge in [-0.25, -0.2) is 0 Å². The lowest BCUT2D eigenvalue weighted by molar-refractivity contribution is 0.0712. The van der Waals surface area contributed by atoms with Crippen molar-refractivity contribution < 1.29 is 15.0 Å². The zero-order chi connectivity index (χ0) is 14.8. The van der Waals surface area contributed by atoms with E-state index in [1.807, 2.05) is 24.3 Å². The van der Waals surface area contributed by atoms with Gasteiger partial charge in [-0.1, -0.05) is 12.1 Å². The summed E-state index contributed by atoms with van der Waals surface area (Å²) < 4.78 is 0. The Labute approximate surface area is 120 Å². The first-order chi connectivity index (χ1) is 9.35. The van der Waals surface area contributed by atoms with Crippen LogP contribution >= 0.6 is 0 Å². The summed E-state index contributed by atoms with van der Waals surface area (Å²) in [7, 11) is 0. The van der Waals surface area contributed by atoms with Gasteiger partial charge in [-0.15, -0.1) is 0 Å². The molecule has 110 valence electrons. The molecule has 4 nitrogen and oxygen atoms in total. The fourth-order valence-corrected chi connectivity index (χ4v) is 2.37. The molecular weight excluding hydrogens is 254 g/mol. The van der Waals surface area contributed by atoms with Gasteiger partial charge in [0.1, 0.15) is 0 Å². The minimum Gasteiger partial charge on any atom is -0.391 e. The van der Waals surface area contributed by atoms with Crippen LogP contribution in [0.3, 0.4) is 0 Å². The van der Waals surface area contributed by atoms with Crippen LogP contribution in [0.25, 0.3) is 0 Å². The number of aliphatic hydroxyl groups excluding tert-OH is 1. The van der Waals surface area contributed by atoms with E-state index in [4.69, 9.17) is 0 Å². The molecule has 1 unspecified atom stereocenters. The van der Waals surface area contributed by atoms with Crippen LogP contribution in [0.4, 0.5) is 0 Å². The summed E-state index contributed by atoms with van der Waals surface area (Å²) in [5, 5.41) is 19.2. The Bertz CT molecular complexity index is 462. The Kier molecular flexibility index (Phi) is 4.45. The highest BCUT2D eigenvalue weighted by atomic mass is 16.3. The van der Waals surface area contributed by atoms with Gasteiger partial charge in [0, 0.05) is 18.7 Å². The molecule has 1 aliphatic heterocycles. The van der Waals surface area contributed by atoms with Gasteiger partial charge in [0.25, 0.3) is 5.91 Å². The summed E-state index contributed by atoms with van der Waals surface area (Å²) in [6.45, 7) is 4.65. The molecular formula is C16H23NO3. The minimum absolute atomic E-state index is 0.0180. The molecule has 1 aromatic rings. The smallest absolute Gasteiger partial charge is 0.253 e. The maximum atomic E-state index is 12.2. The summed E-state index contributed by atoms with van der Waals surface area (Å²) in [6.07, 6.45) is 1.76. The van der Waals surface area contributed by atoms with Crippen LogP contribution in [0.2, 0.25) is 0 Å². The van der Waals surface area contributed by atoms with Crippen molar-refractivity contribution in [3.05, 3.63) is 35.4 Å². The van der Waals surface area contributed by atoms with E-state index >= 15 is 0 Å². The molecule has 4 heteroatoms. The Morgan fingerprint density at radius 2 is 2.00 bits per heavy atom. The summed E-state index contributed by atoms with van der Waals surface area (Å²) in [6, 6.07) is 7.52. The average molecular weight is 277 g/mol. The normalized spacial score (nSPS) is 19.4. The Balaban J connectivity index is 1.96. The Hall–Kier alpha value is -1.39. The molecule has 0 bridgehead atoms. The van der Waals surface area contributed by atoms with Crippen molar-refractivity contribution >= 4 is 5.91 Å². The van der Waals surface area contributed by atoms with E-state index in [0.717, 1.165) is 12.0 Å². The summed E-state index contributed by atoms with van der Waals surface area (Å²) in [5.41, 5.74) is 1.11. The second kappa shape index (κ2) is 5.94. The van der Waals surface area contributed by atoms with E-state index in [1.54, 1.807) is 18.7 Å². The molecule has 0 radical (unpaired) electrons. The monoisotopic (exact) mass is 277 g/mol. The number of amides is 1. The Morgan fingerprint density at radius 1 is 1.35 bits per heavy atom. The van der Waals surface area contributed by atoms with Crippen LogP contribution in [0.1, 0.15) is 42.6 Å². The van der Waals surface area contributed by atoms with Crippen molar-refractivity contribution in [3.8, 4) is 0 Å². The predicted molar refractivity (Wildman–Crippen MR) is 77.6 cm³/mol. The molecule has 0 spiro atoms. The molecule has 1 saturated heterocycles. The van der Waals surface area contributed by atoms with Crippen molar-refractivity contribution in [3.63, 3.8) is 0 Å². The first-order valence-electron chi connectivity index (χ1n) is 7.14. The van der Waals surface area contributed by atoms with Crippen LogP contribution in [-0.2, 0) is 6.42 Å². The molecule has 2 N–H and O–H groups in total. The van der Waals surface area contributed by atoms with Gasteiger partial charge >= 0.3 is 0 Å². The summed E-state index contributed by atoms with van der Waals surface area (Å²) in [5.74, 6) is -0.0180. The fraction of sp³-hybridized carbons (Fsp3) is 0.562. The van der Waals surface area contributed by atoms with E-state index in [9.17, 15) is 15.0 Å². The van der Waals surface area contributed by atoms with Gasteiger partial charge < -0.3 is 15.1 Å². The first-order valence-corrected chi connectivity index (χ1v) is 7.14. The standard InChI is InChI=1S/C16H23NO3/c1-16(2,20)9-7-12-3-5-13(6-4-12)15(19)17-10-8-14(18)11-17/h3-6,14,18,20H,7-11H2,1-2H3. The number of nitrogens with zero attached hydrogens (tertiary/aromatic N) is 1. The first kappa shape index (κ1) is 15.0. The number of rotatable bonds is 4. The Morgan fingerprint density at radius 3 is 2.50 bits per heavy atom. The SMILES string of the molecule is CC(C)(O)CCc1ccc(C(=O)N2CCC(O)C2)cc1.